The van der Waals surface area contributed by atoms with Crippen molar-refractivity contribution in [1.29, 1.82) is 0 Å². The molecule has 10 heavy (non-hydrogen) atoms. The maximum Gasteiger partial charge on any atom is 0.00723 e. The summed E-state index contributed by atoms with van der Waals surface area (Å²) in [6, 6.07) is 0. The van der Waals surface area contributed by atoms with Crippen molar-refractivity contribution in [2.75, 3.05) is 0 Å². The predicted octanol–water partition coefficient (Wildman–Crippen LogP) is 3.73. The lowest BCUT2D eigenvalue weighted by molar-refractivity contribution is 1.65. The fourth-order valence-electron chi connectivity index (χ4n) is 0.555. The molecule has 0 aliphatic heterocycles. The molecule has 0 unspecified atom stereocenters. The van der Waals surface area contributed by atoms with Gasteiger partial charge in [0.15, 0.2) is 0 Å². The lowest BCUT2D eigenvalue weighted by Crippen LogP contribution is -1.68. The Morgan fingerprint density at radius 1 is 1.40 bits per heavy atom. The molecule has 1 heteroatoms. The Balaban J connectivity index is 3.98. The highest BCUT2D eigenvalue weighted by molar-refractivity contribution is 8.06. The maximum atomic E-state index is 3.81. The average Bonchev–Trinajstić information content (AvgIpc) is 1.86. The Morgan fingerprint density at radius 2 is 2.00 bits per heavy atom. The highest BCUT2D eigenvalue weighted by Crippen LogP contribution is 2.23. The van der Waals surface area contributed by atoms with Crippen LogP contribution in [0, 0.1) is 0 Å². The van der Waals surface area contributed by atoms with Gasteiger partial charge in [-0.2, -0.15) is 0 Å². The second kappa shape index (κ2) is 5.36. The van der Waals surface area contributed by atoms with Crippen LogP contribution in [0.2, 0.25) is 0 Å². The zero-order chi connectivity index (χ0) is 7.98. The molecule has 0 fully saturated rings. The molecule has 0 aromatic heterocycles. The van der Waals surface area contributed by atoms with E-state index < -0.39 is 0 Å². The lowest BCUT2D eigenvalue weighted by atomic mass is 10.4. The molecule has 0 bridgehead atoms. The Bertz CT molecular complexity index is 164. The van der Waals surface area contributed by atoms with E-state index in [4.69, 9.17) is 0 Å². The Kier molecular flexibility index (Phi) is 5.13. The van der Waals surface area contributed by atoms with Gasteiger partial charge in [-0.05, 0) is 25.7 Å². The van der Waals surface area contributed by atoms with E-state index >= 15 is 0 Å². The van der Waals surface area contributed by atoms with Crippen LogP contribution < -0.4 is 0 Å². The van der Waals surface area contributed by atoms with E-state index in [9.17, 15) is 0 Å². The van der Waals surface area contributed by atoms with Gasteiger partial charge >= 0.3 is 0 Å². The van der Waals surface area contributed by atoms with Crippen LogP contribution in [0.15, 0.2) is 34.6 Å². The summed E-state index contributed by atoms with van der Waals surface area (Å²) in [4.78, 5) is 2.39. The minimum atomic E-state index is 1.13. The molecule has 0 heterocycles. The van der Waals surface area contributed by atoms with E-state index in [0.717, 1.165) is 4.91 Å². The summed E-state index contributed by atoms with van der Waals surface area (Å²) in [6.07, 6.45) is 6.20. The lowest BCUT2D eigenvalue weighted by Gasteiger charge is -1.97. The monoisotopic (exact) mass is 154 g/mol. The first-order chi connectivity index (χ1) is 4.70. The summed E-state index contributed by atoms with van der Waals surface area (Å²) in [5.41, 5.74) is 0. The molecule has 0 aromatic carbocycles. The van der Waals surface area contributed by atoms with Gasteiger partial charge in [-0.15, -0.1) is 0 Å². The summed E-state index contributed by atoms with van der Waals surface area (Å²) in [5.74, 6) is 0. The van der Waals surface area contributed by atoms with Crippen LogP contribution >= 0.6 is 11.8 Å². The molecule has 0 rings (SSSR count). The molecule has 56 valence electrons. The molecule has 0 aliphatic carbocycles. The molecular weight excluding hydrogens is 140 g/mol. The first kappa shape index (κ1) is 9.57. The number of thioether (sulfide) groups is 1. The Labute approximate surface area is 67.7 Å². The fourth-order valence-corrected chi connectivity index (χ4v) is 1.28. The van der Waals surface area contributed by atoms with Crippen molar-refractivity contribution in [2.24, 2.45) is 0 Å². The molecular formula is C9H14S. The van der Waals surface area contributed by atoms with Gasteiger partial charge in [0, 0.05) is 4.91 Å². The Morgan fingerprint density at radius 3 is 2.30 bits per heavy atom. The van der Waals surface area contributed by atoms with Crippen molar-refractivity contribution >= 4 is 11.8 Å². The quantitative estimate of drug-likeness (QED) is 0.558. The first-order valence-electron chi connectivity index (χ1n) is 3.33. The predicted molar refractivity (Wildman–Crippen MR) is 51.0 cm³/mol. The van der Waals surface area contributed by atoms with Crippen molar-refractivity contribution in [3.63, 3.8) is 0 Å². The van der Waals surface area contributed by atoms with E-state index in [0.29, 0.717) is 0 Å². The second-order valence-corrected chi connectivity index (χ2v) is 3.37. The summed E-state index contributed by atoms with van der Waals surface area (Å²) >= 11 is 1.70. The van der Waals surface area contributed by atoms with Crippen molar-refractivity contribution in [3.8, 4) is 0 Å². The van der Waals surface area contributed by atoms with Crippen LogP contribution in [0.1, 0.15) is 20.8 Å². The molecule has 0 N–H and O–H groups in total. The molecule has 0 radical (unpaired) electrons. The van der Waals surface area contributed by atoms with E-state index in [1.54, 1.807) is 11.8 Å². The summed E-state index contributed by atoms with van der Waals surface area (Å²) in [6.45, 7) is 9.87. The number of hydrogen-bond acceptors (Lipinski definition) is 1. The van der Waals surface area contributed by atoms with Crippen LogP contribution in [0.3, 0.4) is 0 Å². The average molecular weight is 154 g/mol. The van der Waals surface area contributed by atoms with Gasteiger partial charge in [-0.1, -0.05) is 36.6 Å². The molecule has 0 nitrogen and oxygen atoms in total. The van der Waals surface area contributed by atoms with Crippen LogP contribution in [0.25, 0.3) is 0 Å². The summed E-state index contributed by atoms with van der Waals surface area (Å²) in [5, 5.41) is 0. The van der Waals surface area contributed by atoms with E-state index in [-0.39, 0.29) is 0 Å². The standard InChI is InChI=1S/C9H14S/c1-5-7-9(6-2)10-8(3)4/h5-7H,3H2,1-2,4H3/b7-5+,9-6-. The molecule has 0 amide bonds. The van der Waals surface area contributed by atoms with Gasteiger partial charge in [0.2, 0.25) is 0 Å². The van der Waals surface area contributed by atoms with Gasteiger partial charge < -0.3 is 0 Å². The third-order valence-electron chi connectivity index (χ3n) is 0.908. The number of hydrogen-bond donors (Lipinski definition) is 0. The largest absolute Gasteiger partial charge is 0.0958 e. The van der Waals surface area contributed by atoms with Crippen LogP contribution in [-0.4, -0.2) is 0 Å². The van der Waals surface area contributed by atoms with Gasteiger partial charge in [0.1, 0.15) is 0 Å². The van der Waals surface area contributed by atoms with Crippen LogP contribution in [-0.2, 0) is 0 Å². The number of allylic oxidation sites excluding steroid dienone is 4. The normalized spacial score (nSPS) is 12.5. The van der Waals surface area contributed by atoms with Gasteiger partial charge in [0.05, 0.1) is 0 Å². The van der Waals surface area contributed by atoms with Gasteiger partial charge in [-0.3, -0.25) is 0 Å². The van der Waals surface area contributed by atoms with Gasteiger partial charge in [0.25, 0.3) is 0 Å². The fraction of sp³-hybridized carbons (Fsp3) is 0.333. The Hall–Kier alpha value is -0.430. The SMILES string of the molecule is C=C(C)SC(=C\C)/C=C/C. The minimum absolute atomic E-state index is 1.13. The second-order valence-electron chi connectivity index (χ2n) is 2.00. The molecule has 0 aliphatic rings. The molecule has 0 spiro atoms. The topological polar surface area (TPSA) is 0 Å². The van der Waals surface area contributed by atoms with E-state index in [2.05, 4.69) is 18.7 Å². The third-order valence-corrected chi connectivity index (χ3v) is 1.86. The summed E-state index contributed by atoms with van der Waals surface area (Å²) < 4.78 is 0. The van der Waals surface area contributed by atoms with E-state index in [1.807, 2.05) is 26.8 Å². The van der Waals surface area contributed by atoms with Crippen LogP contribution in [0.4, 0.5) is 0 Å². The zero-order valence-electron chi connectivity index (χ0n) is 6.85. The number of rotatable bonds is 3. The molecule has 0 saturated carbocycles. The van der Waals surface area contributed by atoms with Gasteiger partial charge in [-0.25, -0.2) is 0 Å². The molecule has 0 saturated heterocycles. The minimum Gasteiger partial charge on any atom is -0.0958 e. The van der Waals surface area contributed by atoms with E-state index in [1.165, 1.54) is 4.91 Å². The zero-order valence-corrected chi connectivity index (χ0v) is 7.66. The highest BCUT2D eigenvalue weighted by atomic mass is 32.2. The summed E-state index contributed by atoms with van der Waals surface area (Å²) in [7, 11) is 0. The molecule has 0 aromatic rings. The van der Waals surface area contributed by atoms with Crippen LogP contribution in [0.5, 0.6) is 0 Å². The smallest absolute Gasteiger partial charge is 0.00723 e. The van der Waals surface area contributed by atoms with Crippen molar-refractivity contribution in [2.45, 2.75) is 20.8 Å². The van der Waals surface area contributed by atoms with Crippen molar-refractivity contribution < 1.29 is 0 Å². The van der Waals surface area contributed by atoms with Crippen molar-refractivity contribution in [1.82, 2.24) is 0 Å². The molecule has 0 atom stereocenters. The van der Waals surface area contributed by atoms with Crippen molar-refractivity contribution in [3.05, 3.63) is 34.6 Å². The third kappa shape index (κ3) is 4.45. The maximum absolute atomic E-state index is 3.81. The highest BCUT2D eigenvalue weighted by Gasteiger charge is 1.89. The first-order valence-corrected chi connectivity index (χ1v) is 4.14.